The van der Waals surface area contributed by atoms with Crippen molar-refractivity contribution in [2.24, 2.45) is 0 Å². The lowest BCUT2D eigenvalue weighted by Crippen LogP contribution is -2.26. The number of para-hydroxylation sites is 3. The fraction of sp³-hybridized carbons (Fsp3) is 0.0182. The molecule has 0 aliphatic heterocycles. The van der Waals surface area contributed by atoms with Gasteiger partial charge in [-0.3, -0.25) is 0 Å². The minimum absolute atomic E-state index is 0.581. The van der Waals surface area contributed by atoms with Crippen molar-refractivity contribution in [3.63, 3.8) is 0 Å². The first-order chi connectivity index (χ1) is 55.6. The summed E-state index contributed by atoms with van der Waals surface area (Å²) in [4.78, 5) is 4.93. The van der Waals surface area contributed by atoms with Gasteiger partial charge in [0.2, 0.25) is 0 Å². The molecule has 20 aromatic carbocycles. The zero-order chi connectivity index (χ0) is 73.3. The molecule has 20 aromatic rings. The van der Waals surface area contributed by atoms with Gasteiger partial charge in [0.1, 0.15) is 0 Å². The van der Waals surface area contributed by atoms with Crippen molar-refractivity contribution in [1.29, 1.82) is 0 Å². The van der Waals surface area contributed by atoms with Gasteiger partial charge < -0.3 is 9.80 Å². The average molecular weight is 1420 g/mol. The minimum Gasteiger partial charge on any atom is -0.310 e. The van der Waals surface area contributed by atoms with Gasteiger partial charge in [-0.2, -0.15) is 0 Å². The monoisotopic (exact) mass is 1420 g/mol. The second-order valence-electron chi connectivity index (χ2n) is 30.7. The van der Waals surface area contributed by atoms with Crippen LogP contribution < -0.4 is 9.80 Å². The zero-order valence-corrected chi connectivity index (χ0v) is 61.2. The Morgan fingerprint density at radius 3 is 1.11 bits per heavy atom. The van der Waals surface area contributed by atoms with Crippen molar-refractivity contribution in [2.75, 3.05) is 9.80 Å². The molecule has 0 heterocycles. The third-order valence-corrected chi connectivity index (χ3v) is 25.3. The Labute approximate surface area is 649 Å². The number of anilines is 6. The largest absolute Gasteiger partial charge is 0.310 e. The summed E-state index contributed by atoms with van der Waals surface area (Å²) < 4.78 is 0. The highest BCUT2D eigenvalue weighted by Gasteiger charge is 2.56. The van der Waals surface area contributed by atoms with E-state index in [0.29, 0.717) is 0 Å². The fourth-order valence-corrected chi connectivity index (χ4v) is 21.1. The number of benzene rings is 20. The second-order valence-corrected chi connectivity index (χ2v) is 30.7. The molecule has 0 unspecified atom stereocenters. The Balaban J connectivity index is 0.684. The lowest BCUT2D eigenvalue weighted by Gasteiger charge is -2.33. The Morgan fingerprint density at radius 2 is 0.527 bits per heavy atom. The van der Waals surface area contributed by atoms with E-state index in [0.717, 1.165) is 50.8 Å². The summed E-state index contributed by atoms with van der Waals surface area (Å²) in [6.45, 7) is 0. The number of nitrogens with zero attached hydrogens (tertiary/aromatic N) is 2. The van der Waals surface area contributed by atoms with Crippen LogP contribution in [0.5, 0.6) is 0 Å². The summed E-state index contributed by atoms with van der Waals surface area (Å²) in [5.41, 5.74) is 33.4. The smallest absolute Gasteiger partial charge is 0.0737 e. The van der Waals surface area contributed by atoms with Gasteiger partial charge in [0.05, 0.1) is 16.5 Å². The molecular formula is C110H68N2. The lowest BCUT2D eigenvalue weighted by molar-refractivity contribution is 0.809. The zero-order valence-electron chi connectivity index (χ0n) is 61.2. The van der Waals surface area contributed by atoms with Gasteiger partial charge in [-0.25, -0.2) is 0 Å². The molecule has 0 bridgehead atoms. The average Bonchev–Trinajstić information content (AvgIpc) is 1.49. The third-order valence-electron chi connectivity index (χ3n) is 25.3. The van der Waals surface area contributed by atoms with Gasteiger partial charge in [0.25, 0.3) is 0 Å². The fourth-order valence-electron chi connectivity index (χ4n) is 21.1. The van der Waals surface area contributed by atoms with Crippen LogP contribution in [0, 0.1) is 0 Å². The molecule has 0 radical (unpaired) electrons. The van der Waals surface area contributed by atoms with Crippen LogP contribution in [0.3, 0.4) is 0 Å². The molecule has 2 spiro atoms. The number of rotatable bonds is 9. The predicted octanol–water partition coefficient (Wildman–Crippen LogP) is 29.2. The van der Waals surface area contributed by atoms with Gasteiger partial charge in [0.15, 0.2) is 0 Å². The molecule has 0 atom stereocenters. The summed E-state index contributed by atoms with van der Waals surface area (Å²) in [7, 11) is 0. The minimum atomic E-state index is -0.686. The third kappa shape index (κ3) is 8.58. The van der Waals surface area contributed by atoms with E-state index in [1.165, 1.54) is 170 Å². The Kier molecular flexibility index (Phi) is 13.4. The van der Waals surface area contributed by atoms with E-state index in [-0.39, 0.29) is 0 Å². The van der Waals surface area contributed by atoms with E-state index in [1.54, 1.807) is 0 Å². The summed E-state index contributed by atoms with van der Waals surface area (Å²) in [5.74, 6) is 0. The van der Waals surface area contributed by atoms with Crippen molar-refractivity contribution in [1.82, 2.24) is 0 Å². The van der Waals surface area contributed by atoms with Gasteiger partial charge in [-0.05, 0) is 254 Å². The van der Waals surface area contributed by atoms with E-state index in [9.17, 15) is 0 Å². The molecule has 0 aromatic heterocycles. The van der Waals surface area contributed by atoms with Crippen molar-refractivity contribution in [2.45, 2.75) is 10.8 Å². The Bertz CT molecular complexity index is 7300. The van der Waals surface area contributed by atoms with E-state index in [1.807, 2.05) is 0 Å². The first-order valence-electron chi connectivity index (χ1n) is 39.1. The molecule has 4 aliphatic carbocycles. The van der Waals surface area contributed by atoms with Crippen molar-refractivity contribution in [3.8, 4) is 77.9 Å². The highest BCUT2D eigenvalue weighted by Crippen LogP contribution is 2.69. The molecule has 0 N–H and O–H groups in total. The molecule has 0 saturated carbocycles. The van der Waals surface area contributed by atoms with Gasteiger partial charge >= 0.3 is 0 Å². The standard InChI is InChI=1S/C110H68N2/c1-4-29-69(30-5-1)71-32-27-39-76(66-71)111(74-35-6-2-7-36-74)77-58-61-92-96(67-77)82-42-12-15-49-90(82)104-95-64-63-84-79(50-28-51-91(84)106(95)110(108(92)104)100-54-23-18-46-87(100)88-47-19-24-55-101(88)110)72-33-26-34-73(65-72)80-40-20-25-56-102(80)112(75-37-8-3-9-38-75)78-59-62-93-97(68-78)83-43-13-14-48-89(83)103-94-60-57-70-31-10-11-41-81(70)105(94)109(107(93)103)98-52-21-16-44-85(98)86-45-17-22-53-99(86)109/h1-68H. The van der Waals surface area contributed by atoms with Gasteiger partial charge in [-0.1, -0.05) is 340 Å². The van der Waals surface area contributed by atoms with Crippen LogP contribution in [-0.2, 0) is 10.8 Å². The van der Waals surface area contributed by atoms with Crippen LogP contribution in [-0.4, -0.2) is 0 Å². The maximum Gasteiger partial charge on any atom is 0.0737 e. The molecule has 0 fully saturated rings. The van der Waals surface area contributed by atoms with Crippen LogP contribution in [0.4, 0.5) is 34.1 Å². The Morgan fingerprint density at radius 1 is 0.161 bits per heavy atom. The topological polar surface area (TPSA) is 6.48 Å². The lowest BCUT2D eigenvalue weighted by atomic mass is 9.68. The molecule has 2 heteroatoms. The van der Waals surface area contributed by atoms with E-state index < -0.39 is 10.8 Å². The molecule has 4 aliphatic rings. The van der Waals surface area contributed by atoms with Crippen LogP contribution in [0.1, 0.15) is 44.5 Å². The van der Waals surface area contributed by atoms with Crippen LogP contribution in [0.15, 0.2) is 413 Å². The van der Waals surface area contributed by atoms with Crippen molar-refractivity contribution >= 4 is 98.8 Å². The first-order valence-corrected chi connectivity index (χ1v) is 39.1. The van der Waals surface area contributed by atoms with Crippen LogP contribution in [0.25, 0.3) is 143 Å². The van der Waals surface area contributed by atoms with Gasteiger partial charge in [-0.15, -0.1) is 0 Å². The highest BCUT2D eigenvalue weighted by atomic mass is 15.1. The molecule has 112 heavy (non-hydrogen) atoms. The van der Waals surface area contributed by atoms with Crippen LogP contribution in [0.2, 0.25) is 0 Å². The number of hydrogen-bond acceptors (Lipinski definition) is 2. The van der Waals surface area contributed by atoms with E-state index in [4.69, 9.17) is 0 Å². The summed E-state index contributed by atoms with van der Waals surface area (Å²) >= 11 is 0. The SMILES string of the molecule is c1ccc(-c2cccc(N(c3ccccc3)c3ccc4c5c(c6ccccc6c4c3)-c3ccc4c(-c6cccc(-c7ccccc7N(c7ccccc7)c7ccc8c9c(c%10ccccc%10c8c7)-c7ccc8ccccc8c7C97c8ccccc8-c8ccccc87)c6)cccc4c3C53c4ccccc4-c4ccccc43)c2)cc1. The number of fused-ring (bicyclic) bond motifs is 34. The van der Waals surface area contributed by atoms with E-state index >= 15 is 0 Å². The molecule has 0 amide bonds. The first kappa shape index (κ1) is 62.6. The molecule has 518 valence electrons. The molecule has 24 rings (SSSR count). The Hall–Kier alpha value is -14.4. The predicted molar refractivity (Wildman–Crippen MR) is 470 cm³/mol. The van der Waals surface area contributed by atoms with E-state index in [2.05, 4.69) is 422 Å². The van der Waals surface area contributed by atoms with Crippen molar-refractivity contribution < 1.29 is 0 Å². The second kappa shape index (κ2) is 24.0. The maximum absolute atomic E-state index is 2.50. The van der Waals surface area contributed by atoms with Crippen molar-refractivity contribution in [3.05, 3.63) is 457 Å². The maximum atomic E-state index is 2.50. The number of hydrogen-bond donors (Lipinski definition) is 0. The quantitative estimate of drug-likeness (QED) is 0.133. The summed E-state index contributed by atoms with van der Waals surface area (Å²) in [6, 6.07) is 156. The summed E-state index contributed by atoms with van der Waals surface area (Å²) in [5, 5.41) is 15.0. The molecular weight excluding hydrogens is 1350 g/mol. The van der Waals surface area contributed by atoms with Gasteiger partial charge in [0, 0.05) is 34.0 Å². The summed E-state index contributed by atoms with van der Waals surface area (Å²) in [6.07, 6.45) is 0. The molecule has 0 saturated heterocycles. The van der Waals surface area contributed by atoms with Crippen LogP contribution >= 0.6 is 0 Å². The molecule has 2 nitrogen and oxygen atoms in total. The highest BCUT2D eigenvalue weighted by molar-refractivity contribution is 6.25. The normalized spacial score (nSPS) is 13.3.